The van der Waals surface area contributed by atoms with Gasteiger partial charge in [-0.25, -0.2) is 0 Å². The first-order valence-electron chi connectivity index (χ1n) is 6.71. The Bertz CT molecular complexity index is 405. The second-order valence-electron chi connectivity index (χ2n) is 4.81. The van der Waals surface area contributed by atoms with E-state index in [1.54, 1.807) is 7.11 Å². The molecule has 1 aromatic rings. The molecule has 4 nitrogen and oxygen atoms in total. The van der Waals surface area contributed by atoms with Crippen LogP contribution in [0.2, 0.25) is 0 Å². The molecule has 2 N–H and O–H groups in total. The van der Waals surface area contributed by atoms with E-state index in [1.807, 2.05) is 43.0 Å². The number of carbonyl (C=O) groups is 1. The molecule has 0 saturated heterocycles. The van der Waals surface area contributed by atoms with Gasteiger partial charge in [-0.15, -0.1) is 0 Å². The number of hydrogen-bond donors (Lipinski definition) is 1. The van der Waals surface area contributed by atoms with Crippen LogP contribution in [-0.4, -0.2) is 37.0 Å². The van der Waals surface area contributed by atoms with Gasteiger partial charge in [-0.3, -0.25) is 4.79 Å². The topological polar surface area (TPSA) is 55.6 Å². The van der Waals surface area contributed by atoms with Crippen molar-refractivity contribution in [3.8, 4) is 5.75 Å². The fourth-order valence-corrected chi connectivity index (χ4v) is 2.05. The molecule has 1 rings (SSSR count). The minimum atomic E-state index is 0.118. The molecule has 0 aromatic heterocycles. The molecule has 0 saturated carbocycles. The van der Waals surface area contributed by atoms with Crippen molar-refractivity contribution < 1.29 is 9.53 Å². The molecule has 0 unspecified atom stereocenters. The third-order valence-electron chi connectivity index (χ3n) is 3.08. The highest BCUT2D eigenvalue weighted by molar-refractivity contribution is 5.79. The number of hydrogen-bond acceptors (Lipinski definition) is 3. The van der Waals surface area contributed by atoms with Crippen molar-refractivity contribution in [2.24, 2.45) is 5.73 Å². The summed E-state index contributed by atoms with van der Waals surface area (Å²) in [6.07, 6.45) is 1.20. The Balaban J connectivity index is 2.75. The van der Waals surface area contributed by atoms with E-state index in [4.69, 9.17) is 10.5 Å². The molecule has 0 aliphatic heterocycles. The van der Waals surface area contributed by atoms with Gasteiger partial charge < -0.3 is 15.4 Å². The van der Waals surface area contributed by atoms with Gasteiger partial charge in [0.05, 0.1) is 13.5 Å². The molecule has 0 heterocycles. The lowest BCUT2D eigenvalue weighted by atomic mass is 10.1. The van der Waals surface area contributed by atoms with Gasteiger partial charge in [0.15, 0.2) is 0 Å². The second-order valence-corrected chi connectivity index (χ2v) is 4.81. The summed E-state index contributed by atoms with van der Waals surface area (Å²) in [6, 6.07) is 7.82. The fourth-order valence-electron chi connectivity index (χ4n) is 2.05. The van der Waals surface area contributed by atoms with Gasteiger partial charge in [0.1, 0.15) is 5.75 Å². The predicted octanol–water partition coefficient (Wildman–Crippen LogP) is 1.82. The van der Waals surface area contributed by atoms with Crippen LogP contribution in [0, 0.1) is 0 Å². The Morgan fingerprint density at radius 1 is 1.37 bits per heavy atom. The molecule has 0 fully saturated rings. The van der Waals surface area contributed by atoms with Crippen molar-refractivity contribution in [1.82, 2.24) is 4.90 Å². The molecule has 0 aliphatic rings. The quantitative estimate of drug-likeness (QED) is 0.817. The third kappa shape index (κ3) is 4.56. The summed E-state index contributed by atoms with van der Waals surface area (Å²) in [7, 11) is 1.62. The van der Waals surface area contributed by atoms with Crippen molar-refractivity contribution >= 4 is 5.91 Å². The van der Waals surface area contributed by atoms with Crippen molar-refractivity contribution in [3.05, 3.63) is 29.8 Å². The number of para-hydroxylation sites is 1. The molecular weight excluding hydrogens is 240 g/mol. The lowest BCUT2D eigenvalue weighted by Crippen LogP contribution is -2.39. The highest BCUT2D eigenvalue weighted by atomic mass is 16.5. The number of nitrogens with zero attached hydrogens (tertiary/aromatic N) is 1. The summed E-state index contributed by atoms with van der Waals surface area (Å²) in [5, 5.41) is 0. The molecule has 1 amide bonds. The van der Waals surface area contributed by atoms with E-state index in [9.17, 15) is 4.79 Å². The van der Waals surface area contributed by atoms with Crippen LogP contribution in [0.5, 0.6) is 5.75 Å². The molecule has 0 spiro atoms. The molecule has 1 aromatic carbocycles. The Hall–Kier alpha value is -1.55. The first kappa shape index (κ1) is 15.5. The zero-order valence-corrected chi connectivity index (χ0v) is 12.1. The van der Waals surface area contributed by atoms with Crippen LogP contribution >= 0.6 is 0 Å². The van der Waals surface area contributed by atoms with E-state index in [0.717, 1.165) is 17.7 Å². The maximum atomic E-state index is 12.4. The number of methoxy groups -OCH3 is 1. The second kappa shape index (κ2) is 7.79. The standard InChI is InChI=1S/C15H24N2O2/c1-12(2)17(10-6-9-16)15(18)11-13-7-4-5-8-14(13)19-3/h4-5,7-8,12H,6,9-11,16H2,1-3H3. The summed E-state index contributed by atoms with van der Waals surface area (Å²) in [5.74, 6) is 0.881. The normalized spacial score (nSPS) is 10.6. The maximum absolute atomic E-state index is 12.4. The summed E-state index contributed by atoms with van der Waals surface area (Å²) >= 11 is 0. The molecule has 0 radical (unpaired) electrons. The first-order chi connectivity index (χ1) is 9.10. The molecule has 19 heavy (non-hydrogen) atoms. The number of ether oxygens (including phenoxy) is 1. The Morgan fingerprint density at radius 2 is 2.05 bits per heavy atom. The average Bonchev–Trinajstić information content (AvgIpc) is 2.39. The smallest absolute Gasteiger partial charge is 0.227 e. The average molecular weight is 264 g/mol. The maximum Gasteiger partial charge on any atom is 0.227 e. The predicted molar refractivity (Wildman–Crippen MR) is 77.2 cm³/mol. The minimum absolute atomic E-state index is 0.118. The number of nitrogens with two attached hydrogens (primary N) is 1. The summed E-state index contributed by atoms with van der Waals surface area (Å²) in [4.78, 5) is 14.2. The first-order valence-corrected chi connectivity index (χ1v) is 6.71. The minimum Gasteiger partial charge on any atom is -0.496 e. The van der Waals surface area contributed by atoms with Crippen molar-refractivity contribution in [1.29, 1.82) is 0 Å². The largest absolute Gasteiger partial charge is 0.496 e. The molecule has 4 heteroatoms. The van der Waals surface area contributed by atoms with E-state index < -0.39 is 0 Å². The van der Waals surface area contributed by atoms with Gasteiger partial charge in [0.25, 0.3) is 0 Å². The molecule has 0 bridgehead atoms. The lowest BCUT2D eigenvalue weighted by molar-refractivity contribution is -0.132. The lowest BCUT2D eigenvalue weighted by Gasteiger charge is -2.27. The summed E-state index contributed by atoms with van der Waals surface area (Å²) in [5.41, 5.74) is 6.44. The highest BCUT2D eigenvalue weighted by Crippen LogP contribution is 2.19. The van der Waals surface area contributed by atoms with E-state index in [1.165, 1.54) is 0 Å². The van der Waals surface area contributed by atoms with Crippen LogP contribution in [-0.2, 0) is 11.2 Å². The van der Waals surface area contributed by atoms with E-state index in [2.05, 4.69) is 0 Å². The summed E-state index contributed by atoms with van der Waals surface area (Å²) in [6.45, 7) is 5.36. The summed E-state index contributed by atoms with van der Waals surface area (Å²) < 4.78 is 5.28. The SMILES string of the molecule is COc1ccccc1CC(=O)N(CCCN)C(C)C. The van der Waals surface area contributed by atoms with E-state index in [-0.39, 0.29) is 11.9 Å². The van der Waals surface area contributed by atoms with Gasteiger partial charge in [0, 0.05) is 18.2 Å². The van der Waals surface area contributed by atoms with E-state index in [0.29, 0.717) is 19.5 Å². The number of carbonyl (C=O) groups excluding carboxylic acids is 1. The van der Waals surface area contributed by atoms with Gasteiger partial charge in [-0.05, 0) is 32.9 Å². The van der Waals surface area contributed by atoms with Crippen molar-refractivity contribution in [2.45, 2.75) is 32.7 Å². The van der Waals surface area contributed by atoms with Crippen molar-refractivity contribution in [3.63, 3.8) is 0 Å². The van der Waals surface area contributed by atoms with Gasteiger partial charge in [-0.2, -0.15) is 0 Å². The number of amides is 1. The van der Waals surface area contributed by atoms with Gasteiger partial charge in [-0.1, -0.05) is 18.2 Å². The molecule has 106 valence electrons. The Morgan fingerprint density at radius 3 is 2.63 bits per heavy atom. The van der Waals surface area contributed by atoms with Crippen LogP contribution in [0.15, 0.2) is 24.3 Å². The fraction of sp³-hybridized carbons (Fsp3) is 0.533. The third-order valence-corrected chi connectivity index (χ3v) is 3.08. The zero-order valence-electron chi connectivity index (χ0n) is 12.1. The van der Waals surface area contributed by atoms with Gasteiger partial charge in [0.2, 0.25) is 5.91 Å². The molecular formula is C15H24N2O2. The van der Waals surface area contributed by atoms with Crippen LogP contribution in [0.25, 0.3) is 0 Å². The molecule has 0 atom stereocenters. The van der Waals surface area contributed by atoms with E-state index >= 15 is 0 Å². The van der Waals surface area contributed by atoms with Crippen LogP contribution < -0.4 is 10.5 Å². The Kier molecular flexibility index (Phi) is 6.36. The number of rotatable bonds is 7. The monoisotopic (exact) mass is 264 g/mol. The van der Waals surface area contributed by atoms with Crippen LogP contribution in [0.3, 0.4) is 0 Å². The Labute approximate surface area is 115 Å². The van der Waals surface area contributed by atoms with Crippen LogP contribution in [0.1, 0.15) is 25.8 Å². The van der Waals surface area contributed by atoms with Gasteiger partial charge >= 0.3 is 0 Å². The highest BCUT2D eigenvalue weighted by Gasteiger charge is 2.18. The number of benzene rings is 1. The van der Waals surface area contributed by atoms with Crippen molar-refractivity contribution in [2.75, 3.05) is 20.2 Å². The molecule has 0 aliphatic carbocycles. The zero-order chi connectivity index (χ0) is 14.3. The van der Waals surface area contributed by atoms with Crippen LogP contribution in [0.4, 0.5) is 0 Å².